The first kappa shape index (κ1) is 13.9. The third-order valence-electron chi connectivity index (χ3n) is 3.69. The number of nitrogens with one attached hydrogen (secondary N) is 1. The van der Waals surface area contributed by atoms with Crippen molar-refractivity contribution in [2.75, 3.05) is 38.6 Å². The van der Waals surface area contributed by atoms with Crippen molar-refractivity contribution in [3.63, 3.8) is 0 Å². The van der Waals surface area contributed by atoms with Crippen LogP contribution in [0.15, 0.2) is 30.3 Å². The minimum absolute atomic E-state index is 0.0534. The minimum Gasteiger partial charge on any atom is -0.359 e. The van der Waals surface area contributed by atoms with Crippen LogP contribution in [-0.2, 0) is 4.79 Å². The van der Waals surface area contributed by atoms with Gasteiger partial charge in [-0.15, -0.1) is 0 Å². The van der Waals surface area contributed by atoms with Crippen molar-refractivity contribution in [1.29, 1.82) is 0 Å². The summed E-state index contributed by atoms with van der Waals surface area (Å²) in [6, 6.07) is 10.2. The molecule has 4 heteroatoms. The second-order valence-electron chi connectivity index (χ2n) is 5.05. The molecule has 0 aromatic heterocycles. The molecule has 1 heterocycles. The van der Waals surface area contributed by atoms with E-state index in [0.29, 0.717) is 0 Å². The fourth-order valence-electron chi connectivity index (χ4n) is 2.62. The Kier molecular flexibility index (Phi) is 4.80. The number of carbonyl (C=O) groups is 1. The van der Waals surface area contributed by atoms with Crippen LogP contribution in [0.25, 0.3) is 0 Å². The Morgan fingerprint density at radius 3 is 2.68 bits per heavy atom. The summed E-state index contributed by atoms with van der Waals surface area (Å²) in [5.41, 5.74) is 1.15. The van der Waals surface area contributed by atoms with Crippen LogP contribution >= 0.6 is 0 Å². The molecule has 1 aromatic rings. The molecule has 1 atom stereocenters. The molecule has 19 heavy (non-hydrogen) atoms. The summed E-state index contributed by atoms with van der Waals surface area (Å²) in [5, 5.41) is 3.15. The molecule has 0 saturated carbocycles. The van der Waals surface area contributed by atoms with E-state index in [-0.39, 0.29) is 11.9 Å². The highest BCUT2D eigenvalue weighted by Gasteiger charge is 2.30. The predicted molar refractivity (Wildman–Crippen MR) is 78.4 cm³/mol. The van der Waals surface area contributed by atoms with E-state index in [9.17, 15) is 4.79 Å². The predicted octanol–water partition coefficient (Wildman–Crippen LogP) is 1.33. The maximum atomic E-state index is 12.5. The first-order valence-electron chi connectivity index (χ1n) is 6.95. The molecule has 2 rings (SSSR count). The van der Waals surface area contributed by atoms with Crippen LogP contribution in [0.5, 0.6) is 0 Å². The van der Waals surface area contributed by atoms with Gasteiger partial charge in [0.25, 0.3) is 0 Å². The molecule has 1 aliphatic heterocycles. The molecule has 104 valence electrons. The van der Waals surface area contributed by atoms with Crippen molar-refractivity contribution >= 4 is 11.6 Å². The molecular formula is C15H23N3O. The summed E-state index contributed by atoms with van der Waals surface area (Å²) in [7, 11) is 3.83. The van der Waals surface area contributed by atoms with E-state index in [0.717, 1.165) is 38.2 Å². The summed E-state index contributed by atoms with van der Waals surface area (Å²) in [5.74, 6) is 0.233. The van der Waals surface area contributed by atoms with Gasteiger partial charge in [0.15, 0.2) is 0 Å². The molecule has 0 bridgehead atoms. The third-order valence-corrected chi connectivity index (χ3v) is 3.69. The Morgan fingerprint density at radius 2 is 2.00 bits per heavy atom. The lowest BCUT2D eigenvalue weighted by atomic mass is 10.1. The molecule has 1 saturated heterocycles. The molecule has 1 aliphatic rings. The number of para-hydroxylation sites is 1. The van der Waals surface area contributed by atoms with Crippen molar-refractivity contribution in [3.8, 4) is 0 Å². The van der Waals surface area contributed by atoms with Gasteiger partial charge >= 0.3 is 0 Å². The van der Waals surface area contributed by atoms with Crippen LogP contribution < -0.4 is 10.2 Å². The van der Waals surface area contributed by atoms with E-state index in [1.807, 2.05) is 37.2 Å². The van der Waals surface area contributed by atoms with Gasteiger partial charge in [0.2, 0.25) is 5.91 Å². The summed E-state index contributed by atoms with van der Waals surface area (Å²) in [6.07, 6.45) is 1.86. The van der Waals surface area contributed by atoms with Crippen LogP contribution in [0.3, 0.4) is 0 Å². The smallest absolute Gasteiger partial charge is 0.245 e. The number of hydrogen-bond acceptors (Lipinski definition) is 3. The zero-order valence-electron chi connectivity index (χ0n) is 11.8. The van der Waals surface area contributed by atoms with Crippen LogP contribution in [-0.4, -0.2) is 50.6 Å². The van der Waals surface area contributed by atoms with E-state index in [4.69, 9.17) is 0 Å². The number of rotatable bonds is 4. The normalized spacial score (nSPS) is 20.5. The zero-order chi connectivity index (χ0) is 13.7. The van der Waals surface area contributed by atoms with Crippen molar-refractivity contribution in [3.05, 3.63) is 30.3 Å². The van der Waals surface area contributed by atoms with Crippen LogP contribution in [0, 0.1) is 0 Å². The van der Waals surface area contributed by atoms with E-state index in [2.05, 4.69) is 22.3 Å². The molecule has 0 spiro atoms. The van der Waals surface area contributed by atoms with Gasteiger partial charge in [0.1, 0.15) is 6.04 Å². The highest BCUT2D eigenvalue weighted by atomic mass is 16.2. The topological polar surface area (TPSA) is 35.6 Å². The van der Waals surface area contributed by atoms with Gasteiger partial charge < -0.3 is 15.1 Å². The van der Waals surface area contributed by atoms with Gasteiger partial charge in [0, 0.05) is 25.8 Å². The molecule has 1 aromatic carbocycles. The van der Waals surface area contributed by atoms with Crippen LogP contribution in [0.4, 0.5) is 5.69 Å². The molecule has 0 aliphatic carbocycles. The van der Waals surface area contributed by atoms with E-state index >= 15 is 0 Å². The van der Waals surface area contributed by atoms with Crippen molar-refractivity contribution in [1.82, 2.24) is 10.2 Å². The second-order valence-corrected chi connectivity index (χ2v) is 5.05. The fourth-order valence-corrected chi connectivity index (χ4v) is 2.62. The van der Waals surface area contributed by atoms with Gasteiger partial charge in [-0.25, -0.2) is 0 Å². The number of anilines is 1. The van der Waals surface area contributed by atoms with Gasteiger partial charge in [0.05, 0.1) is 0 Å². The lowest BCUT2D eigenvalue weighted by Gasteiger charge is -2.31. The van der Waals surface area contributed by atoms with Gasteiger partial charge in [-0.1, -0.05) is 18.2 Å². The number of hydrogen-bond donors (Lipinski definition) is 1. The average molecular weight is 261 g/mol. The molecule has 4 nitrogen and oxygen atoms in total. The van der Waals surface area contributed by atoms with E-state index in [1.165, 1.54) is 0 Å². The zero-order valence-corrected chi connectivity index (χ0v) is 11.8. The first-order valence-corrected chi connectivity index (χ1v) is 6.95. The monoisotopic (exact) mass is 261 g/mol. The Bertz CT molecular complexity index is 407. The van der Waals surface area contributed by atoms with Gasteiger partial charge in [-0.2, -0.15) is 0 Å². The minimum atomic E-state index is -0.0534. The van der Waals surface area contributed by atoms with Crippen molar-refractivity contribution in [2.45, 2.75) is 18.9 Å². The Balaban J connectivity index is 2.24. The lowest BCUT2D eigenvalue weighted by molar-refractivity contribution is -0.130. The molecule has 1 N–H and O–H groups in total. The summed E-state index contributed by atoms with van der Waals surface area (Å²) in [4.78, 5) is 16.6. The number of carbonyl (C=O) groups excluding carboxylic acids is 1. The molecule has 1 amide bonds. The first-order chi connectivity index (χ1) is 9.24. The SMILES string of the molecule is CNCCC1C(=O)N(C)CCCN1c1ccccc1. The summed E-state index contributed by atoms with van der Waals surface area (Å²) in [6.45, 7) is 2.64. The van der Waals surface area contributed by atoms with Gasteiger partial charge in [-0.05, 0) is 38.6 Å². The van der Waals surface area contributed by atoms with Crippen molar-refractivity contribution < 1.29 is 4.79 Å². The average Bonchev–Trinajstić information content (AvgIpc) is 2.58. The number of benzene rings is 1. The summed E-state index contributed by atoms with van der Waals surface area (Å²) >= 11 is 0. The van der Waals surface area contributed by atoms with Crippen LogP contribution in [0.2, 0.25) is 0 Å². The molecule has 1 fully saturated rings. The Morgan fingerprint density at radius 1 is 1.26 bits per heavy atom. The van der Waals surface area contributed by atoms with Crippen molar-refractivity contribution in [2.24, 2.45) is 0 Å². The fraction of sp³-hybridized carbons (Fsp3) is 0.533. The quantitative estimate of drug-likeness (QED) is 0.888. The van der Waals surface area contributed by atoms with E-state index < -0.39 is 0 Å². The highest BCUT2D eigenvalue weighted by Crippen LogP contribution is 2.22. The maximum Gasteiger partial charge on any atom is 0.245 e. The summed E-state index contributed by atoms with van der Waals surface area (Å²) < 4.78 is 0. The Labute approximate surface area is 115 Å². The number of amides is 1. The highest BCUT2D eigenvalue weighted by molar-refractivity contribution is 5.85. The second kappa shape index (κ2) is 6.57. The third kappa shape index (κ3) is 3.26. The number of likely N-dealkylation sites (N-methyl/N-ethyl adjacent to an activating group) is 1. The standard InChI is InChI=1S/C15H23N3O/c1-16-10-9-14-15(19)17(2)11-6-12-18(14)13-7-4-3-5-8-13/h3-5,7-8,14,16H,6,9-12H2,1-2H3. The molecular weight excluding hydrogens is 238 g/mol. The molecule has 0 radical (unpaired) electrons. The van der Waals surface area contributed by atoms with Gasteiger partial charge in [-0.3, -0.25) is 4.79 Å². The maximum absolute atomic E-state index is 12.5. The lowest BCUT2D eigenvalue weighted by Crippen LogP contribution is -2.46. The number of nitrogens with zero attached hydrogens (tertiary/aromatic N) is 2. The largest absolute Gasteiger partial charge is 0.359 e. The van der Waals surface area contributed by atoms with Crippen LogP contribution in [0.1, 0.15) is 12.8 Å². The van der Waals surface area contributed by atoms with E-state index in [1.54, 1.807) is 0 Å². The molecule has 1 unspecified atom stereocenters. The Hall–Kier alpha value is -1.55.